The summed E-state index contributed by atoms with van der Waals surface area (Å²) in [6.45, 7) is 0.631. The van der Waals surface area contributed by atoms with Crippen molar-refractivity contribution in [3.05, 3.63) is 65.3 Å². The smallest absolute Gasteiger partial charge is 0.253 e. The summed E-state index contributed by atoms with van der Waals surface area (Å²) in [6.07, 6.45) is 2.25. The van der Waals surface area contributed by atoms with E-state index < -0.39 is 15.1 Å². The highest BCUT2D eigenvalue weighted by Crippen LogP contribution is 2.26. The lowest BCUT2D eigenvalue weighted by atomic mass is 10.1. The summed E-state index contributed by atoms with van der Waals surface area (Å²) in [5.74, 6) is -0.143. The summed E-state index contributed by atoms with van der Waals surface area (Å²) >= 11 is 5.84. The highest BCUT2D eigenvalue weighted by Gasteiger charge is 2.36. The van der Waals surface area contributed by atoms with E-state index in [1.807, 2.05) is 18.3 Å². The van der Waals surface area contributed by atoms with Crippen molar-refractivity contribution >= 4 is 38.2 Å². The van der Waals surface area contributed by atoms with Gasteiger partial charge in [0.25, 0.3) is 5.91 Å². The zero-order valence-corrected chi connectivity index (χ0v) is 15.4. The molecule has 0 bridgehead atoms. The van der Waals surface area contributed by atoms with Crippen LogP contribution in [0.5, 0.6) is 0 Å². The van der Waals surface area contributed by atoms with Gasteiger partial charge in [0, 0.05) is 35.4 Å². The number of amides is 1. The number of likely N-dealkylation sites (tertiary alicyclic amines) is 1. The Morgan fingerprint density at radius 1 is 1.12 bits per heavy atom. The zero-order chi connectivity index (χ0) is 18.3. The van der Waals surface area contributed by atoms with Crippen LogP contribution in [0.25, 0.3) is 10.9 Å². The maximum Gasteiger partial charge on any atom is 0.253 e. The monoisotopic (exact) mass is 388 g/mol. The molecule has 26 heavy (non-hydrogen) atoms. The highest BCUT2D eigenvalue weighted by molar-refractivity contribution is 7.92. The van der Waals surface area contributed by atoms with Crippen LogP contribution in [-0.4, -0.2) is 42.5 Å². The molecule has 0 spiro atoms. The Kier molecular flexibility index (Phi) is 4.25. The first-order chi connectivity index (χ1) is 12.4. The van der Waals surface area contributed by atoms with Gasteiger partial charge >= 0.3 is 0 Å². The molecule has 1 aromatic heterocycles. The molecule has 134 valence electrons. The summed E-state index contributed by atoms with van der Waals surface area (Å²) in [6, 6.07) is 13.6. The van der Waals surface area contributed by atoms with Gasteiger partial charge in [0.15, 0.2) is 9.84 Å². The van der Waals surface area contributed by atoms with E-state index in [0.717, 1.165) is 10.9 Å². The largest absolute Gasteiger partial charge is 0.361 e. The van der Waals surface area contributed by atoms with Crippen LogP contribution in [0.2, 0.25) is 5.02 Å². The molecule has 0 unspecified atom stereocenters. The van der Waals surface area contributed by atoms with Crippen molar-refractivity contribution in [2.75, 3.05) is 13.1 Å². The average Bonchev–Trinajstić information content (AvgIpc) is 3.30. The number of nitrogens with one attached hydrogen (secondary N) is 1. The number of halogens is 1. The van der Waals surface area contributed by atoms with Crippen LogP contribution in [0.3, 0.4) is 0 Å². The molecule has 1 fully saturated rings. The zero-order valence-electron chi connectivity index (χ0n) is 13.9. The first-order valence-electron chi connectivity index (χ1n) is 8.31. The van der Waals surface area contributed by atoms with Gasteiger partial charge in [-0.05, 0) is 54.3 Å². The van der Waals surface area contributed by atoms with Crippen LogP contribution in [-0.2, 0) is 9.84 Å². The molecule has 0 radical (unpaired) electrons. The molecule has 2 aromatic carbocycles. The number of rotatable bonds is 3. The summed E-state index contributed by atoms with van der Waals surface area (Å²) < 4.78 is 25.6. The van der Waals surface area contributed by atoms with Crippen molar-refractivity contribution in [2.45, 2.75) is 16.6 Å². The first-order valence-corrected chi connectivity index (χ1v) is 10.2. The molecule has 0 saturated carbocycles. The Morgan fingerprint density at radius 3 is 2.65 bits per heavy atom. The second-order valence-electron chi connectivity index (χ2n) is 6.44. The number of carbonyl (C=O) groups is 1. The van der Waals surface area contributed by atoms with Crippen molar-refractivity contribution in [3.8, 4) is 0 Å². The molecule has 0 aliphatic carbocycles. The lowest BCUT2D eigenvalue weighted by molar-refractivity contribution is 0.0793. The van der Waals surface area contributed by atoms with Crippen molar-refractivity contribution < 1.29 is 13.2 Å². The molecule has 1 N–H and O–H groups in total. The molecule has 4 rings (SSSR count). The Hall–Kier alpha value is -2.31. The number of aromatic nitrogens is 1. The minimum absolute atomic E-state index is 0.143. The van der Waals surface area contributed by atoms with Gasteiger partial charge in [0.05, 0.1) is 10.1 Å². The third-order valence-corrected chi connectivity index (χ3v) is 7.26. The van der Waals surface area contributed by atoms with Crippen LogP contribution in [0, 0.1) is 0 Å². The molecule has 1 aliphatic heterocycles. The normalized spacial score (nSPS) is 17.7. The maximum absolute atomic E-state index is 12.8. The van der Waals surface area contributed by atoms with Gasteiger partial charge in [-0.3, -0.25) is 4.79 Å². The Balaban J connectivity index is 1.54. The van der Waals surface area contributed by atoms with Crippen LogP contribution in [0.4, 0.5) is 0 Å². The predicted molar refractivity (Wildman–Crippen MR) is 101 cm³/mol. The summed E-state index contributed by atoms with van der Waals surface area (Å²) in [7, 11) is -3.49. The average molecular weight is 389 g/mol. The van der Waals surface area contributed by atoms with Crippen LogP contribution >= 0.6 is 11.6 Å². The maximum atomic E-state index is 12.8. The molecule has 1 atom stereocenters. The van der Waals surface area contributed by atoms with Gasteiger partial charge < -0.3 is 9.88 Å². The Morgan fingerprint density at radius 2 is 1.88 bits per heavy atom. The Labute approximate surface area is 156 Å². The molecule has 1 aliphatic rings. The molecule has 5 nitrogen and oxygen atoms in total. The molecule has 1 amide bonds. The molecule has 3 aromatic rings. The van der Waals surface area contributed by atoms with Gasteiger partial charge in [-0.25, -0.2) is 8.42 Å². The van der Waals surface area contributed by atoms with Gasteiger partial charge in [-0.1, -0.05) is 17.7 Å². The fourth-order valence-electron chi connectivity index (χ4n) is 3.35. The van der Waals surface area contributed by atoms with E-state index in [9.17, 15) is 13.2 Å². The molecule has 2 heterocycles. The molecular formula is C19H17ClN2O3S. The van der Waals surface area contributed by atoms with Gasteiger partial charge in [0.1, 0.15) is 0 Å². The number of H-pyrrole nitrogens is 1. The van der Waals surface area contributed by atoms with Crippen molar-refractivity contribution in [1.29, 1.82) is 0 Å². The van der Waals surface area contributed by atoms with Crippen LogP contribution in [0.15, 0.2) is 59.6 Å². The third kappa shape index (κ3) is 2.99. The first kappa shape index (κ1) is 17.1. The summed E-state index contributed by atoms with van der Waals surface area (Å²) in [5.41, 5.74) is 1.45. The van der Waals surface area contributed by atoms with E-state index >= 15 is 0 Å². The number of hydrogen-bond acceptors (Lipinski definition) is 3. The van der Waals surface area contributed by atoms with Gasteiger partial charge in [0.2, 0.25) is 0 Å². The second-order valence-corrected chi connectivity index (χ2v) is 9.11. The quantitative estimate of drug-likeness (QED) is 0.746. The van der Waals surface area contributed by atoms with Crippen molar-refractivity contribution in [2.24, 2.45) is 0 Å². The highest BCUT2D eigenvalue weighted by atomic mass is 35.5. The fraction of sp³-hybridized carbons (Fsp3) is 0.211. The van der Waals surface area contributed by atoms with Crippen LogP contribution < -0.4 is 0 Å². The SMILES string of the molecule is O=C(c1ccc2cc[nH]c2c1)N1CC[C@H](S(=O)(=O)c2ccc(Cl)cc2)C1. The molecular weight excluding hydrogens is 372 g/mol. The van der Waals surface area contributed by atoms with E-state index in [0.29, 0.717) is 23.6 Å². The third-order valence-electron chi connectivity index (χ3n) is 4.82. The number of carbonyl (C=O) groups excluding carboxylic acids is 1. The molecule has 7 heteroatoms. The van der Waals surface area contributed by atoms with Crippen LogP contribution in [0.1, 0.15) is 16.8 Å². The predicted octanol–water partition coefficient (Wildman–Crippen LogP) is 3.51. The standard InChI is InChI=1S/C19H17ClN2O3S/c20-15-3-5-16(6-4-15)26(24,25)17-8-10-22(12-17)19(23)14-2-1-13-7-9-21-18(13)11-14/h1-7,9,11,17,21H,8,10,12H2/t17-/m0/s1. The number of benzene rings is 2. The Bertz CT molecular complexity index is 1070. The van der Waals surface area contributed by atoms with E-state index in [1.165, 1.54) is 12.1 Å². The van der Waals surface area contributed by atoms with Crippen molar-refractivity contribution in [3.63, 3.8) is 0 Å². The molecule has 1 saturated heterocycles. The lowest BCUT2D eigenvalue weighted by Crippen LogP contribution is -2.31. The number of nitrogens with zero attached hydrogens (tertiary/aromatic N) is 1. The number of hydrogen-bond donors (Lipinski definition) is 1. The van der Waals surface area contributed by atoms with Gasteiger partial charge in [-0.2, -0.15) is 0 Å². The second kappa shape index (κ2) is 6.45. The summed E-state index contributed by atoms with van der Waals surface area (Å²) in [5, 5.41) is 0.930. The summed E-state index contributed by atoms with van der Waals surface area (Å²) in [4.78, 5) is 17.7. The lowest BCUT2D eigenvalue weighted by Gasteiger charge is -2.17. The van der Waals surface area contributed by atoms with Crippen molar-refractivity contribution in [1.82, 2.24) is 9.88 Å². The van der Waals surface area contributed by atoms with E-state index in [2.05, 4.69) is 4.98 Å². The number of aromatic amines is 1. The van der Waals surface area contributed by atoms with E-state index in [4.69, 9.17) is 11.6 Å². The number of fused-ring (bicyclic) bond motifs is 1. The minimum atomic E-state index is -3.49. The number of sulfone groups is 1. The van der Waals surface area contributed by atoms with E-state index in [1.54, 1.807) is 29.2 Å². The minimum Gasteiger partial charge on any atom is -0.361 e. The van der Waals surface area contributed by atoms with E-state index in [-0.39, 0.29) is 17.3 Å². The van der Waals surface area contributed by atoms with Gasteiger partial charge in [-0.15, -0.1) is 0 Å². The fourth-order valence-corrected chi connectivity index (χ4v) is 5.16. The topological polar surface area (TPSA) is 70.2 Å².